The first-order valence-electron chi connectivity index (χ1n) is 39.6. The van der Waals surface area contributed by atoms with Gasteiger partial charge in [-0.2, -0.15) is 0 Å². The van der Waals surface area contributed by atoms with E-state index in [2.05, 4.69) is 183 Å². The molecule has 1 N–H and O–H groups in total. The zero-order valence-corrected chi connectivity index (χ0v) is 69.5. The van der Waals surface area contributed by atoms with Crippen LogP contribution in [0.3, 0.4) is 0 Å². The highest BCUT2D eigenvalue weighted by atomic mass is 31.3. The lowest BCUT2D eigenvalue weighted by Gasteiger charge is -2.43. The predicted octanol–water partition coefficient (Wildman–Crippen LogP) is 28.3. The first-order valence-corrected chi connectivity index (χ1v) is 43.9. The van der Waals surface area contributed by atoms with Crippen molar-refractivity contribution in [2.75, 3.05) is 0 Å². The van der Waals surface area contributed by atoms with Crippen LogP contribution in [-0.4, -0.2) is 39.2 Å². The van der Waals surface area contributed by atoms with Crippen LogP contribution in [0.1, 0.15) is 72.2 Å². The lowest BCUT2D eigenvalue weighted by Crippen LogP contribution is -2.37. The SMILES string of the molecule is CCc1ccc(ON2P(Oc3ccc(CC)cc3)N3Oc4ccc(cc4)C=Nc4ccc(cc4)-c4cc(c5ccc6c(-c7ccc(N=Cc8ccc(OP)cc8)cc7)cc(-c7ccc(N=Cc8ccc(O)cc8)cc7)c7ccc4c5c76)-c4ccc(cc4)N=Cc4ccc(cc4)OP3N=P2(Oc2ccc(CC)cc2)Oc2ccc(CC)cc2)cc1. The van der Waals surface area contributed by atoms with E-state index in [9.17, 15) is 5.11 Å². The van der Waals surface area contributed by atoms with Gasteiger partial charge in [0, 0.05) is 34.1 Å². The largest absolute Gasteiger partial charge is 0.508 e. The number of phenolic OH excluding ortho intramolecular Hbond substituents is 1. The van der Waals surface area contributed by atoms with Crippen LogP contribution in [0.15, 0.2) is 352 Å². The molecule has 0 aromatic heterocycles. The topological polar surface area (TPSA) is 153 Å². The van der Waals surface area contributed by atoms with Crippen molar-refractivity contribution in [2.45, 2.75) is 53.4 Å². The van der Waals surface area contributed by atoms with Crippen molar-refractivity contribution in [3.63, 3.8) is 0 Å². The van der Waals surface area contributed by atoms with Gasteiger partial charge in [-0.25, -0.2) is 0 Å². The van der Waals surface area contributed by atoms with Crippen molar-refractivity contribution in [1.82, 2.24) is 9.21 Å². The number of phenols is 1. The van der Waals surface area contributed by atoms with E-state index >= 15 is 0 Å². The maximum atomic E-state index is 9.96. The van der Waals surface area contributed by atoms with E-state index in [1.807, 2.05) is 195 Å². The van der Waals surface area contributed by atoms with Crippen molar-refractivity contribution < 1.29 is 37.4 Å². The van der Waals surface area contributed by atoms with Gasteiger partial charge in [0.2, 0.25) is 0 Å². The van der Waals surface area contributed by atoms with Crippen molar-refractivity contribution in [1.29, 1.82) is 0 Å². The van der Waals surface area contributed by atoms with Gasteiger partial charge in [-0.15, -0.1) is 4.52 Å². The molecule has 119 heavy (non-hydrogen) atoms. The fourth-order valence-corrected chi connectivity index (χ4v) is 22.1. The molecule has 3 unspecified atom stereocenters. The van der Waals surface area contributed by atoms with E-state index in [-0.39, 0.29) is 5.75 Å². The number of hydrogen-bond acceptors (Lipinski definition) is 15. The summed E-state index contributed by atoms with van der Waals surface area (Å²) in [6.45, 7) is 8.50. The van der Waals surface area contributed by atoms with Crippen LogP contribution < -0.4 is 32.3 Å². The van der Waals surface area contributed by atoms with Crippen molar-refractivity contribution >= 4 is 114 Å². The number of hydrogen-bond donors (Lipinski definition) is 1. The summed E-state index contributed by atoms with van der Waals surface area (Å²) in [5.41, 5.74) is 19.7. The van der Waals surface area contributed by atoms with Gasteiger partial charge in [0.05, 0.1) is 32.2 Å². The van der Waals surface area contributed by atoms with Gasteiger partial charge in [0.1, 0.15) is 46.0 Å². The summed E-state index contributed by atoms with van der Waals surface area (Å²) in [4.78, 5) is 34.4. The Balaban J connectivity index is 0.763. The average Bonchev–Trinajstić information content (AvgIpc) is 0.689. The first-order chi connectivity index (χ1) is 58.5. The van der Waals surface area contributed by atoms with Gasteiger partial charge >= 0.3 is 24.6 Å². The summed E-state index contributed by atoms with van der Waals surface area (Å²) in [5, 5.41) is 16.7. The zero-order valence-electron chi connectivity index (χ0n) is 65.7. The molecule has 10 bridgehead atoms. The van der Waals surface area contributed by atoms with Gasteiger partial charge in [0.15, 0.2) is 0 Å². The van der Waals surface area contributed by atoms with Crippen LogP contribution in [0.2, 0.25) is 0 Å². The Morgan fingerprint density at radius 3 is 1.18 bits per heavy atom. The molecule has 8 heterocycles. The second-order valence-corrected chi connectivity index (χ2v) is 34.5. The van der Waals surface area contributed by atoms with E-state index < -0.39 is 24.6 Å². The molecule has 3 atom stereocenters. The molecular formula is C100H81N7O8P4. The van der Waals surface area contributed by atoms with E-state index in [0.717, 1.165) is 176 Å². The normalized spacial score (nSPS) is 14.7. The monoisotopic (exact) mass is 1630 g/mol. The molecule has 16 aromatic carbocycles. The Labute approximate surface area is 696 Å². The summed E-state index contributed by atoms with van der Waals surface area (Å²) in [5.74, 6) is 3.94. The fourth-order valence-electron chi connectivity index (χ4n) is 14.5. The van der Waals surface area contributed by atoms with Crippen LogP contribution in [0, 0.1) is 0 Å². The molecule has 0 radical (unpaired) electrons. The van der Waals surface area contributed by atoms with Gasteiger partial charge in [-0.1, -0.05) is 149 Å². The molecule has 0 saturated heterocycles. The Bertz CT molecular complexity index is 6430. The minimum Gasteiger partial charge on any atom is -0.508 e. The first kappa shape index (κ1) is 77.3. The molecule has 15 nitrogen and oxygen atoms in total. The van der Waals surface area contributed by atoms with E-state index in [1.54, 1.807) is 21.3 Å². The van der Waals surface area contributed by atoms with Crippen LogP contribution in [0.25, 0.3) is 76.8 Å². The number of aliphatic imine (C=N–C) groups is 4. The van der Waals surface area contributed by atoms with Crippen LogP contribution in [0.4, 0.5) is 22.7 Å². The molecule has 24 rings (SSSR count). The smallest absolute Gasteiger partial charge is 0.447 e. The number of benzene rings is 16. The molecule has 8 aliphatic heterocycles. The van der Waals surface area contributed by atoms with E-state index in [1.165, 1.54) is 0 Å². The van der Waals surface area contributed by atoms with Crippen molar-refractivity contribution in [2.24, 2.45) is 24.5 Å². The second-order valence-electron chi connectivity index (χ2n) is 28.8. The quantitative estimate of drug-likeness (QED) is 0.0470. The lowest BCUT2D eigenvalue weighted by atomic mass is 9.82. The summed E-state index contributed by atoms with van der Waals surface area (Å²) < 4.78 is 43.8. The van der Waals surface area contributed by atoms with E-state index in [4.69, 9.17) is 56.8 Å². The summed E-state index contributed by atoms with van der Waals surface area (Å²) in [6.07, 6.45) is 10.7. The van der Waals surface area contributed by atoms with E-state index in [0.29, 0.717) is 34.5 Å². The standard InChI is InChI=1S/C100H81N7O8P4/c1-5-67-11-43-85(44-12-67)110-107-118(113-88-49-13-68(6-2)14-50-88)106-109-84-45-19-72(20-46-84)64-102-80-35-27-76(28-36-80)96-62-98(78-31-39-82(40-32-78)104-66-74-23-51-87(52-24-74)112-117(106)105-119(107,114-89-53-15-69(7-3)16-54-89)115-90-55-17-70(8-4)18-56-90)94-60-59-93-97(77-29-37-81(38-30-77)103-65-73-21-47-86(111-116)48-22-73)61-95(91-57-58-92(96)100(94)99(91)93)75-25-33-79(34-26-75)101-63-71-9-41-83(108)42-10-71/h9-66,108H,5-8,116H2,1-4H3. The minimum absolute atomic E-state index is 0.208. The number of aryl methyl sites for hydroxylation is 4. The molecular weight excluding hydrogens is 1550 g/mol. The fraction of sp³-hybridized carbons (Fsp3) is 0.0800. The minimum atomic E-state index is -4.05. The Morgan fingerprint density at radius 1 is 0.403 bits per heavy atom. The van der Waals surface area contributed by atoms with Crippen LogP contribution in [-0.2, 0) is 25.7 Å². The third-order valence-corrected chi connectivity index (χ3v) is 28.2. The molecule has 19 heteroatoms. The predicted molar refractivity (Wildman–Crippen MR) is 493 cm³/mol. The number of nitrogens with zero attached hydrogens (tertiary/aromatic N) is 7. The van der Waals surface area contributed by atoms with Crippen LogP contribution >= 0.6 is 34.0 Å². The molecule has 0 spiro atoms. The third-order valence-electron chi connectivity index (χ3n) is 21.1. The van der Waals surface area contributed by atoms with Crippen molar-refractivity contribution in [3.05, 3.63) is 372 Å². The average molecular weight is 1630 g/mol. The summed E-state index contributed by atoms with van der Waals surface area (Å²) in [6, 6.07) is 110. The maximum absolute atomic E-state index is 9.96. The lowest BCUT2D eigenvalue weighted by molar-refractivity contribution is 0.0545. The molecule has 0 fully saturated rings. The van der Waals surface area contributed by atoms with Crippen LogP contribution in [0.5, 0.6) is 46.0 Å². The highest BCUT2D eigenvalue weighted by molar-refractivity contribution is 7.78. The van der Waals surface area contributed by atoms with Gasteiger partial charge in [-0.3, -0.25) is 20.0 Å². The number of aromatic hydroxyl groups is 1. The highest BCUT2D eigenvalue weighted by Gasteiger charge is 2.58. The Hall–Kier alpha value is -12.9. The summed E-state index contributed by atoms with van der Waals surface area (Å²) in [7, 11) is -6.45. The third kappa shape index (κ3) is 17.0. The number of rotatable bonds is 19. The maximum Gasteiger partial charge on any atom is 0.447 e. The summed E-state index contributed by atoms with van der Waals surface area (Å²) >= 11 is 0. The molecule has 0 aliphatic carbocycles. The van der Waals surface area contributed by atoms with Gasteiger partial charge < -0.3 is 37.4 Å². The van der Waals surface area contributed by atoms with Gasteiger partial charge in [-0.05, 0) is 353 Å². The Kier molecular flexibility index (Phi) is 22.6. The molecule has 0 amide bonds. The second kappa shape index (κ2) is 34.7. The molecule has 16 aromatic rings. The Morgan fingerprint density at radius 2 is 0.773 bits per heavy atom. The molecule has 0 saturated carbocycles. The van der Waals surface area contributed by atoms with Crippen molar-refractivity contribution in [3.8, 4) is 90.5 Å². The van der Waals surface area contributed by atoms with Gasteiger partial charge in [0.25, 0.3) is 0 Å². The molecule has 8 aliphatic rings. The zero-order chi connectivity index (χ0) is 80.8. The molecule has 584 valence electrons. The highest BCUT2D eigenvalue weighted by Crippen LogP contribution is 2.78.